The summed E-state index contributed by atoms with van der Waals surface area (Å²) in [4.78, 5) is 14.2. The zero-order valence-corrected chi connectivity index (χ0v) is 12.1. The molecule has 0 saturated carbocycles. The van der Waals surface area contributed by atoms with Gasteiger partial charge in [0.15, 0.2) is 0 Å². The molecule has 20 heavy (non-hydrogen) atoms. The topological polar surface area (TPSA) is 53.6 Å². The van der Waals surface area contributed by atoms with Crippen LogP contribution in [0, 0.1) is 0 Å². The summed E-state index contributed by atoms with van der Waals surface area (Å²) in [6, 6.07) is 9.88. The third kappa shape index (κ3) is 3.95. The van der Waals surface area contributed by atoms with Gasteiger partial charge in [-0.3, -0.25) is 4.79 Å². The molecule has 0 bridgehead atoms. The Morgan fingerprint density at radius 2 is 2.20 bits per heavy atom. The molecule has 2 N–H and O–H groups in total. The van der Waals surface area contributed by atoms with Gasteiger partial charge in [0, 0.05) is 32.4 Å². The van der Waals surface area contributed by atoms with Crippen LogP contribution in [0.1, 0.15) is 6.92 Å². The third-order valence-corrected chi connectivity index (χ3v) is 3.54. The number of rotatable bonds is 5. The number of morpholine rings is 1. The average molecular weight is 277 g/mol. The van der Waals surface area contributed by atoms with E-state index < -0.39 is 0 Å². The van der Waals surface area contributed by atoms with Crippen molar-refractivity contribution >= 4 is 11.6 Å². The van der Waals surface area contributed by atoms with Crippen LogP contribution in [0.3, 0.4) is 0 Å². The minimum atomic E-state index is -0.245. The molecule has 1 amide bonds. The summed E-state index contributed by atoms with van der Waals surface area (Å²) in [7, 11) is 2.02. The third-order valence-electron chi connectivity index (χ3n) is 3.54. The lowest BCUT2D eigenvalue weighted by Gasteiger charge is -2.29. The van der Waals surface area contributed by atoms with Crippen LogP contribution in [0.15, 0.2) is 30.3 Å². The molecule has 5 heteroatoms. The molecule has 1 heterocycles. The highest BCUT2D eigenvalue weighted by atomic mass is 16.5. The van der Waals surface area contributed by atoms with E-state index in [1.54, 1.807) is 0 Å². The number of para-hydroxylation sites is 1. The first-order chi connectivity index (χ1) is 9.68. The van der Waals surface area contributed by atoms with Gasteiger partial charge in [0.1, 0.15) is 6.04 Å². The molecule has 2 rings (SSSR count). The second-order valence-corrected chi connectivity index (χ2v) is 5.06. The summed E-state index contributed by atoms with van der Waals surface area (Å²) in [5, 5.41) is 6.15. The molecule has 0 radical (unpaired) electrons. The van der Waals surface area contributed by atoms with Crippen molar-refractivity contribution in [1.82, 2.24) is 10.6 Å². The van der Waals surface area contributed by atoms with Crippen molar-refractivity contribution in [3.05, 3.63) is 30.3 Å². The molecule has 1 aliphatic heterocycles. The Morgan fingerprint density at radius 3 is 2.90 bits per heavy atom. The number of hydrogen-bond donors (Lipinski definition) is 2. The van der Waals surface area contributed by atoms with Crippen molar-refractivity contribution in [2.24, 2.45) is 0 Å². The zero-order chi connectivity index (χ0) is 14.4. The Kier molecular flexibility index (Phi) is 5.38. The molecule has 1 aromatic carbocycles. The smallest absolute Gasteiger partial charge is 0.239 e. The van der Waals surface area contributed by atoms with Gasteiger partial charge in [-0.15, -0.1) is 0 Å². The number of ether oxygens (including phenoxy) is 1. The Balaban J connectivity index is 1.74. The lowest BCUT2D eigenvalue weighted by molar-refractivity contribution is -0.128. The summed E-state index contributed by atoms with van der Waals surface area (Å²) in [6.45, 7) is 4.72. The molecule has 0 aromatic heterocycles. The van der Waals surface area contributed by atoms with E-state index in [9.17, 15) is 4.79 Å². The fraction of sp³-hybridized carbons (Fsp3) is 0.533. The van der Waals surface area contributed by atoms with Crippen LogP contribution in [0.5, 0.6) is 0 Å². The maximum absolute atomic E-state index is 12.1. The van der Waals surface area contributed by atoms with E-state index in [1.165, 1.54) is 0 Å². The van der Waals surface area contributed by atoms with Gasteiger partial charge < -0.3 is 20.3 Å². The minimum Gasteiger partial charge on any atom is -0.375 e. The van der Waals surface area contributed by atoms with E-state index in [2.05, 4.69) is 27.7 Å². The second kappa shape index (κ2) is 7.26. The highest BCUT2D eigenvalue weighted by Crippen LogP contribution is 2.09. The summed E-state index contributed by atoms with van der Waals surface area (Å²) < 4.78 is 5.47. The molecule has 0 aliphatic carbocycles. The normalized spacial score (nSPS) is 22.3. The van der Waals surface area contributed by atoms with Gasteiger partial charge in [-0.2, -0.15) is 0 Å². The van der Waals surface area contributed by atoms with Crippen molar-refractivity contribution in [1.29, 1.82) is 0 Å². The number of carbonyl (C=O) groups excluding carboxylic acids is 1. The van der Waals surface area contributed by atoms with Crippen molar-refractivity contribution < 1.29 is 9.53 Å². The van der Waals surface area contributed by atoms with Gasteiger partial charge >= 0.3 is 0 Å². The number of likely N-dealkylation sites (N-methyl/N-ethyl adjacent to an activating group) is 1. The van der Waals surface area contributed by atoms with Gasteiger partial charge in [0.25, 0.3) is 0 Å². The van der Waals surface area contributed by atoms with E-state index in [1.807, 2.05) is 32.2 Å². The quantitative estimate of drug-likeness (QED) is 0.828. The molecule has 110 valence electrons. The SMILES string of the molecule is C[C@H]1OCCN[C@@H]1C(=O)NCCN(C)c1ccccc1. The fourth-order valence-electron chi connectivity index (χ4n) is 2.30. The summed E-state index contributed by atoms with van der Waals surface area (Å²) in [6.07, 6.45) is -0.0735. The van der Waals surface area contributed by atoms with Gasteiger partial charge in [-0.25, -0.2) is 0 Å². The zero-order valence-electron chi connectivity index (χ0n) is 12.1. The van der Waals surface area contributed by atoms with Gasteiger partial charge in [0.2, 0.25) is 5.91 Å². The molecule has 2 atom stereocenters. The number of carbonyl (C=O) groups is 1. The molecule has 0 spiro atoms. The van der Waals surface area contributed by atoms with Crippen LogP contribution in [0.25, 0.3) is 0 Å². The largest absolute Gasteiger partial charge is 0.375 e. The summed E-state index contributed by atoms with van der Waals surface area (Å²) in [5.41, 5.74) is 1.15. The molecule has 0 unspecified atom stereocenters. The number of nitrogens with one attached hydrogen (secondary N) is 2. The predicted octanol–water partition coefficient (Wildman–Crippen LogP) is 0.616. The van der Waals surface area contributed by atoms with Crippen LogP contribution in [-0.4, -0.2) is 51.3 Å². The summed E-state index contributed by atoms with van der Waals surface area (Å²) >= 11 is 0. The van der Waals surface area contributed by atoms with Gasteiger partial charge in [0.05, 0.1) is 12.7 Å². The Hall–Kier alpha value is -1.59. The average Bonchev–Trinajstić information content (AvgIpc) is 2.48. The molecular weight excluding hydrogens is 254 g/mol. The Morgan fingerprint density at radius 1 is 1.45 bits per heavy atom. The lowest BCUT2D eigenvalue weighted by Crippen LogP contribution is -2.56. The fourth-order valence-corrected chi connectivity index (χ4v) is 2.30. The van der Waals surface area contributed by atoms with E-state index in [-0.39, 0.29) is 18.1 Å². The van der Waals surface area contributed by atoms with Gasteiger partial charge in [-0.05, 0) is 19.1 Å². The van der Waals surface area contributed by atoms with E-state index >= 15 is 0 Å². The van der Waals surface area contributed by atoms with Crippen LogP contribution >= 0.6 is 0 Å². The minimum absolute atomic E-state index is 0.0126. The first-order valence-electron chi connectivity index (χ1n) is 7.07. The number of amides is 1. The molecule has 5 nitrogen and oxygen atoms in total. The van der Waals surface area contributed by atoms with E-state index in [0.29, 0.717) is 13.2 Å². The standard InChI is InChI=1S/C15H23N3O2/c1-12-14(16-9-11-20-12)15(19)17-8-10-18(2)13-6-4-3-5-7-13/h3-7,12,14,16H,8-11H2,1-2H3,(H,17,19)/t12-,14+/m1/s1. The highest BCUT2D eigenvalue weighted by Gasteiger charge is 2.27. The maximum Gasteiger partial charge on any atom is 0.239 e. The van der Waals surface area contributed by atoms with Crippen LogP contribution in [0.4, 0.5) is 5.69 Å². The van der Waals surface area contributed by atoms with E-state index in [4.69, 9.17) is 4.74 Å². The monoisotopic (exact) mass is 277 g/mol. The van der Waals surface area contributed by atoms with Crippen LogP contribution in [-0.2, 0) is 9.53 Å². The Bertz CT molecular complexity index is 424. The van der Waals surface area contributed by atoms with Crippen LogP contribution < -0.4 is 15.5 Å². The number of anilines is 1. The first kappa shape index (κ1) is 14.8. The van der Waals surface area contributed by atoms with Crippen molar-refractivity contribution in [2.75, 3.05) is 38.2 Å². The van der Waals surface area contributed by atoms with Crippen LogP contribution in [0.2, 0.25) is 0 Å². The molecular formula is C15H23N3O2. The highest BCUT2D eigenvalue weighted by molar-refractivity contribution is 5.82. The first-order valence-corrected chi connectivity index (χ1v) is 7.07. The van der Waals surface area contributed by atoms with Crippen molar-refractivity contribution in [3.8, 4) is 0 Å². The number of nitrogens with zero attached hydrogens (tertiary/aromatic N) is 1. The molecule has 1 saturated heterocycles. The Labute approximate surface area is 120 Å². The molecule has 1 aliphatic rings. The molecule has 1 fully saturated rings. The van der Waals surface area contributed by atoms with Crippen molar-refractivity contribution in [3.63, 3.8) is 0 Å². The lowest BCUT2D eigenvalue weighted by atomic mass is 10.1. The predicted molar refractivity (Wildman–Crippen MR) is 79.9 cm³/mol. The number of hydrogen-bond acceptors (Lipinski definition) is 4. The summed E-state index contributed by atoms with van der Waals surface area (Å²) in [5.74, 6) is 0.0126. The van der Waals surface area contributed by atoms with Gasteiger partial charge in [-0.1, -0.05) is 18.2 Å². The second-order valence-electron chi connectivity index (χ2n) is 5.06. The maximum atomic E-state index is 12.1. The molecule has 1 aromatic rings. The van der Waals surface area contributed by atoms with Crippen molar-refractivity contribution in [2.45, 2.75) is 19.1 Å². The van der Waals surface area contributed by atoms with E-state index in [0.717, 1.165) is 18.8 Å². The number of benzene rings is 1.